The number of halogens is 1. The van der Waals surface area contributed by atoms with Crippen LogP contribution >= 0.6 is 11.8 Å². The molecule has 1 saturated heterocycles. The van der Waals surface area contributed by atoms with E-state index in [1.807, 2.05) is 34.9 Å². The minimum Gasteiger partial charge on any atom is -0.294 e. The van der Waals surface area contributed by atoms with Gasteiger partial charge in [-0.15, -0.1) is 10.2 Å². The lowest BCUT2D eigenvalue weighted by atomic mass is 10.1. The van der Waals surface area contributed by atoms with Crippen molar-refractivity contribution in [3.63, 3.8) is 0 Å². The van der Waals surface area contributed by atoms with Crippen molar-refractivity contribution in [2.75, 3.05) is 18.8 Å². The van der Waals surface area contributed by atoms with Crippen LogP contribution in [-0.2, 0) is 0 Å². The number of nitrogens with zero attached hydrogens (tertiary/aromatic N) is 4. The average molecular weight is 425 g/mol. The molecule has 1 aromatic heterocycles. The molecule has 1 aliphatic heterocycles. The predicted octanol–water partition coefficient (Wildman–Crippen LogP) is 4.93. The number of carbonyl (C=O) groups excluding carboxylic acids is 1. The first kappa shape index (κ1) is 20.8. The number of Topliss-reactive ketones (excluding diaryl/α,β-unsaturated/α-hetero) is 1. The fourth-order valence-electron chi connectivity index (χ4n) is 3.78. The van der Waals surface area contributed by atoms with Crippen LogP contribution in [0.3, 0.4) is 0 Å². The van der Waals surface area contributed by atoms with Crippen LogP contribution in [-0.4, -0.2) is 44.3 Å². The van der Waals surface area contributed by atoms with Crippen molar-refractivity contribution in [3.8, 4) is 5.69 Å². The largest absolute Gasteiger partial charge is 0.294 e. The van der Waals surface area contributed by atoms with Gasteiger partial charge in [0.1, 0.15) is 5.82 Å². The molecule has 0 radical (unpaired) electrons. The molecule has 0 spiro atoms. The molecule has 0 N–H and O–H groups in total. The second kappa shape index (κ2) is 9.53. The lowest BCUT2D eigenvalue weighted by Gasteiger charge is -2.31. The molecule has 0 saturated carbocycles. The van der Waals surface area contributed by atoms with Gasteiger partial charge in [0.25, 0.3) is 0 Å². The molecule has 2 heterocycles. The van der Waals surface area contributed by atoms with Crippen LogP contribution in [0.5, 0.6) is 0 Å². The summed E-state index contributed by atoms with van der Waals surface area (Å²) >= 11 is 1.36. The van der Waals surface area contributed by atoms with Gasteiger partial charge >= 0.3 is 0 Å². The zero-order valence-electron chi connectivity index (χ0n) is 17.0. The minimum atomic E-state index is -0.286. The van der Waals surface area contributed by atoms with Crippen molar-refractivity contribution < 1.29 is 9.18 Å². The van der Waals surface area contributed by atoms with Gasteiger partial charge in [-0.2, -0.15) is 0 Å². The van der Waals surface area contributed by atoms with E-state index in [2.05, 4.69) is 22.0 Å². The third kappa shape index (κ3) is 4.63. The van der Waals surface area contributed by atoms with E-state index in [1.54, 1.807) is 12.1 Å². The van der Waals surface area contributed by atoms with Gasteiger partial charge in [0.05, 0.1) is 11.8 Å². The maximum atomic E-state index is 13.5. The number of benzene rings is 2. The van der Waals surface area contributed by atoms with Crippen molar-refractivity contribution >= 4 is 17.5 Å². The van der Waals surface area contributed by atoms with Crippen LogP contribution in [0.25, 0.3) is 5.69 Å². The third-order valence-electron chi connectivity index (χ3n) is 5.48. The Kier molecular flexibility index (Phi) is 6.59. The van der Waals surface area contributed by atoms with Gasteiger partial charge in [0.15, 0.2) is 16.8 Å². The predicted molar refractivity (Wildman–Crippen MR) is 117 cm³/mol. The molecular formula is C23H25FN4OS. The Labute approximate surface area is 180 Å². The van der Waals surface area contributed by atoms with E-state index < -0.39 is 0 Å². The van der Waals surface area contributed by atoms with Crippen LogP contribution in [0, 0.1) is 5.82 Å². The lowest BCUT2D eigenvalue weighted by molar-refractivity contribution is 0.102. The Bertz CT molecular complexity index is 984. The summed E-state index contributed by atoms with van der Waals surface area (Å²) in [5, 5.41) is 9.53. The number of hydrogen-bond donors (Lipinski definition) is 0. The molecule has 1 unspecified atom stereocenters. The van der Waals surface area contributed by atoms with E-state index in [0.717, 1.165) is 24.6 Å². The van der Waals surface area contributed by atoms with Gasteiger partial charge in [-0.05, 0) is 57.1 Å². The van der Waals surface area contributed by atoms with E-state index in [4.69, 9.17) is 0 Å². The van der Waals surface area contributed by atoms with Gasteiger partial charge < -0.3 is 0 Å². The quantitative estimate of drug-likeness (QED) is 0.398. The smallest absolute Gasteiger partial charge is 0.196 e. The first-order valence-electron chi connectivity index (χ1n) is 10.3. The van der Waals surface area contributed by atoms with Crippen molar-refractivity contribution in [3.05, 3.63) is 71.8 Å². The topological polar surface area (TPSA) is 51.0 Å². The number of rotatable bonds is 7. The molecule has 5 nitrogen and oxygen atoms in total. The normalized spacial score (nSPS) is 15.8. The molecule has 0 amide bonds. The first-order chi connectivity index (χ1) is 14.6. The Balaban J connectivity index is 1.62. The first-order valence-corrected chi connectivity index (χ1v) is 11.3. The van der Waals surface area contributed by atoms with Gasteiger partial charge in [0.2, 0.25) is 0 Å². The highest BCUT2D eigenvalue weighted by Gasteiger charge is 2.26. The molecule has 0 bridgehead atoms. The molecule has 156 valence electrons. The Morgan fingerprint density at radius 3 is 2.43 bits per heavy atom. The number of aromatic nitrogens is 3. The number of piperidine rings is 1. The van der Waals surface area contributed by atoms with E-state index in [0.29, 0.717) is 10.7 Å². The molecule has 1 atom stereocenters. The van der Waals surface area contributed by atoms with E-state index >= 15 is 0 Å². The number of thioether (sulfide) groups is 1. The molecule has 3 aromatic rings. The molecule has 1 aliphatic rings. The second-order valence-corrected chi connectivity index (χ2v) is 8.45. The summed E-state index contributed by atoms with van der Waals surface area (Å²) in [5.74, 6) is 0.838. The third-order valence-corrected chi connectivity index (χ3v) is 6.41. The van der Waals surface area contributed by atoms with Crippen molar-refractivity contribution in [1.29, 1.82) is 0 Å². The molecular weight excluding hydrogens is 399 g/mol. The number of likely N-dealkylation sites (tertiary alicyclic amines) is 1. The molecule has 2 aromatic carbocycles. The summed E-state index contributed by atoms with van der Waals surface area (Å²) in [6.07, 6.45) is 3.63. The number of hydrogen-bond acceptors (Lipinski definition) is 5. The molecule has 30 heavy (non-hydrogen) atoms. The summed E-state index contributed by atoms with van der Waals surface area (Å²) < 4.78 is 15.5. The molecule has 0 aliphatic carbocycles. The van der Waals surface area contributed by atoms with E-state index in [9.17, 15) is 9.18 Å². The lowest BCUT2D eigenvalue weighted by Crippen LogP contribution is -2.33. The highest BCUT2D eigenvalue weighted by atomic mass is 32.2. The van der Waals surface area contributed by atoms with Crippen molar-refractivity contribution in [2.24, 2.45) is 0 Å². The summed E-state index contributed by atoms with van der Waals surface area (Å²) in [7, 11) is 0. The zero-order valence-corrected chi connectivity index (χ0v) is 17.8. The minimum absolute atomic E-state index is 0.0416. The standard InChI is InChI=1S/C23H25FN4OS/c1-17(27-14-6-3-7-15-27)22-25-26-23(28(22)20-12-10-19(24)11-13-20)30-16-21(29)18-8-4-2-5-9-18/h2,4-5,8-13,17H,3,6-7,14-16H2,1H3. The maximum Gasteiger partial charge on any atom is 0.196 e. The van der Waals surface area contributed by atoms with Crippen LogP contribution in [0.2, 0.25) is 0 Å². The highest BCUT2D eigenvalue weighted by molar-refractivity contribution is 7.99. The Morgan fingerprint density at radius 2 is 1.73 bits per heavy atom. The van der Waals surface area contributed by atoms with Crippen molar-refractivity contribution in [1.82, 2.24) is 19.7 Å². The van der Waals surface area contributed by atoms with Crippen LogP contribution in [0.1, 0.15) is 48.4 Å². The number of carbonyl (C=O) groups is 1. The maximum absolute atomic E-state index is 13.5. The second-order valence-electron chi connectivity index (χ2n) is 7.50. The van der Waals surface area contributed by atoms with Crippen molar-refractivity contribution in [2.45, 2.75) is 37.4 Å². The Morgan fingerprint density at radius 1 is 1.03 bits per heavy atom. The average Bonchev–Trinajstić information content (AvgIpc) is 3.22. The number of ketones is 1. The zero-order chi connectivity index (χ0) is 20.9. The molecule has 4 rings (SSSR count). The highest BCUT2D eigenvalue weighted by Crippen LogP contribution is 2.29. The van der Waals surface area contributed by atoms with Crippen LogP contribution in [0.4, 0.5) is 4.39 Å². The summed E-state index contributed by atoms with van der Waals surface area (Å²) in [5.41, 5.74) is 1.48. The monoisotopic (exact) mass is 424 g/mol. The van der Waals surface area contributed by atoms with Crippen LogP contribution < -0.4 is 0 Å². The fourth-order valence-corrected chi connectivity index (χ4v) is 4.64. The molecule has 7 heteroatoms. The van der Waals surface area contributed by atoms with Gasteiger partial charge in [-0.25, -0.2) is 4.39 Å². The molecule has 1 fully saturated rings. The van der Waals surface area contributed by atoms with Gasteiger partial charge in [-0.3, -0.25) is 14.3 Å². The van der Waals surface area contributed by atoms with E-state index in [-0.39, 0.29) is 23.4 Å². The summed E-state index contributed by atoms with van der Waals surface area (Å²) in [6.45, 7) is 4.21. The van der Waals surface area contributed by atoms with Crippen LogP contribution in [0.15, 0.2) is 59.8 Å². The summed E-state index contributed by atoms with van der Waals surface area (Å²) in [4.78, 5) is 15.0. The van der Waals surface area contributed by atoms with E-state index in [1.165, 1.54) is 43.2 Å². The summed E-state index contributed by atoms with van der Waals surface area (Å²) in [6, 6.07) is 15.7. The fraction of sp³-hybridized carbons (Fsp3) is 0.348. The Hall–Kier alpha value is -2.51. The van der Waals surface area contributed by atoms with Gasteiger partial charge in [0, 0.05) is 11.3 Å². The van der Waals surface area contributed by atoms with Gasteiger partial charge in [-0.1, -0.05) is 48.5 Å². The SMILES string of the molecule is CC(c1nnc(SCC(=O)c2ccccc2)n1-c1ccc(F)cc1)N1CCCCC1.